The molecule has 1 aromatic rings. The normalized spacial score (nSPS) is 11.3. The first kappa shape index (κ1) is 15.2. The fourth-order valence-corrected chi connectivity index (χ4v) is 1.66. The first-order valence-electron chi connectivity index (χ1n) is 6.30. The Kier molecular flexibility index (Phi) is 6.65. The molecule has 0 saturated carbocycles. The van der Waals surface area contributed by atoms with Gasteiger partial charge in [0.05, 0.1) is 24.8 Å². The summed E-state index contributed by atoms with van der Waals surface area (Å²) >= 11 is 0. The fraction of sp³-hybridized carbons (Fsp3) is 0.400. The summed E-state index contributed by atoms with van der Waals surface area (Å²) in [7, 11) is 1.62. The molecular weight excluding hydrogens is 240 g/mol. The number of nitrogens with two attached hydrogens (primary N) is 1. The maximum absolute atomic E-state index is 12.2. The van der Waals surface area contributed by atoms with Crippen LogP contribution in [-0.4, -0.2) is 32.2 Å². The van der Waals surface area contributed by atoms with E-state index in [1.54, 1.807) is 13.2 Å². The molecule has 0 aliphatic heterocycles. The second-order valence-corrected chi connectivity index (χ2v) is 4.09. The van der Waals surface area contributed by atoms with Crippen molar-refractivity contribution in [3.8, 4) is 11.8 Å². The minimum absolute atomic E-state index is 0.00743. The molecule has 0 saturated heterocycles. The number of nitrogens with one attached hydrogen (secondary N) is 1. The van der Waals surface area contributed by atoms with E-state index in [0.29, 0.717) is 17.7 Å². The third kappa shape index (κ3) is 4.74. The lowest BCUT2D eigenvalue weighted by molar-refractivity contribution is 0.0894. The van der Waals surface area contributed by atoms with Crippen LogP contribution in [-0.2, 0) is 4.74 Å². The molecular formula is C15H20N2O2. The van der Waals surface area contributed by atoms with Gasteiger partial charge >= 0.3 is 0 Å². The summed E-state index contributed by atoms with van der Waals surface area (Å²) < 4.78 is 5.07. The standard InChI is InChI=1S/C15H20N2O2/c1-3-13(11-19-2)17-15(18)14-9-5-4-7-12(14)8-6-10-16/h4-5,7,9,13H,3,10-11,16H2,1-2H3,(H,17,18). The third-order valence-corrected chi connectivity index (χ3v) is 2.69. The lowest BCUT2D eigenvalue weighted by Gasteiger charge is -2.16. The Balaban J connectivity index is 2.87. The van der Waals surface area contributed by atoms with E-state index >= 15 is 0 Å². The van der Waals surface area contributed by atoms with Gasteiger partial charge < -0.3 is 15.8 Å². The first-order valence-corrected chi connectivity index (χ1v) is 6.30. The Morgan fingerprint density at radius 1 is 1.47 bits per heavy atom. The molecule has 1 amide bonds. The highest BCUT2D eigenvalue weighted by atomic mass is 16.5. The van der Waals surface area contributed by atoms with Gasteiger partial charge in [-0.2, -0.15) is 0 Å². The van der Waals surface area contributed by atoms with Crippen molar-refractivity contribution in [1.82, 2.24) is 5.32 Å². The van der Waals surface area contributed by atoms with Gasteiger partial charge in [0.15, 0.2) is 0 Å². The maximum atomic E-state index is 12.2. The Hall–Kier alpha value is -1.83. The van der Waals surface area contributed by atoms with Crippen LogP contribution in [0.3, 0.4) is 0 Å². The lowest BCUT2D eigenvalue weighted by Crippen LogP contribution is -2.37. The summed E-state index contributed by atoms with van der Waals surface area (Å²) in [6, 6.07) is 7.25. The van der Waals surface area contributed by atoms with Crippen LogP contribution in [0.1, 0.15) is 29.3 Å². The highest BCUT2D eigenvalue weighted by Crippen LogP contribution is 2.08. The molecule has 1 atom stereocenters. The number of carbonyl (C=O) groups is 1. The largest absolute Gasteiger partial charge is 0.383 e. The quantitative estimate of drug-likeness (QED) is 0.781. The van der Waals surface area contributed by atoms with Crippen molar-refractivity contribution in [3.05, 3.63) is 35.4 Å². The molecule has 0 aliphatic carbocycles. The van der Waals surface area contributed by atoms with Crippen LogP contribution in [0.4, 0.5) is 0 Å². The van der Waals surface area contributed by atoms with Crippen molar-refractivity contribution in [2.75, 3.05) is 20.3 Å². The molecule has 1 aromatic carbocycles. The van der Waals surface area contributed by atoms with Crippen molar-refractivity contribution < 1.29 is 9.53 Å². The highest BCUT2D eigenvalue weighted by Gasteiger charge is 2.14. The first-order chi connectivity index (χ1) is 9.22. The van der Waals surface area contributed by atoms with Crippen LogP contribution in [0.25, 0.3) is 0 Å². The van der Waals surface area contributed by atoms with E-state index in [4.69, 9.17) is 10.5 Å². The number of hydrogen-bond donors (Lipinski definition) is 2. The summed E-state index contributed by atoms with van der Waals surface area (Å²) in [6.45, 7) is 2.78. The summed E-state index contributed by atoms with van der Waals surface area (Å²) in [4.78, 5) is 12.2. The Labute approximate surface area is 114 Å². The molecule has 0 fully saturated rings. The molecule has 4 nitrogen and oxygen atoms in total. The zero-order chi connectivity index (χ0) is 14.1. The Bertz CT molecular complexity index is 475. The van der Waals surface area contributed by atoms with Crippen LogP contribution in [0, 0.1) is 11.8 Å². The van der Waals surface area contributed by atoms with Crippen LogP contribution in [0.15, 0.2) is 24.3 Å². The van der Waals surface area contributed by atoms with Gasteiger partial charge in [-0.05, 0) is 18.6 Å². The summed E-state index contributed by atoms with van der Waals surface area (Å²) in [6.07, 6.45) is 0.816. The number of methoxy groups -OCH3 is 1. The van der Waals surface area contributed by atoms with Crippen molar-refractivity contribution in [2.24, 2.45) is 5.73 Å². The highest BCUT2D eigenvalue weighted by molar-refractivity contribution is 5.96. The molecule has 1 rings (SSSR count). The summed E-state index contributed by atoms with van der Waals surface area (Å²) in [5.74, 6) is 5.54. The molecule has 4 heteroatoms. The predicted octanol–water partition coefficient (Wildman–Crippen LogP) is 1.15. The molecule has 19 heavy (non-hydrogen) atoms. The van der Waals surface area contributed by atoms with E-state index in [-0.39, 0.29) is 18.5 Å². The van der Waals surface area contributed by atoms with Crippen LogP contribution >= 0.6 is 0 Å². The third-order valence-electron chi connectivity index (χ3n) is 2.69. The SMILES string of the molecule is CCC(COC)NC(=O)c1ccccc1C#CCN. The number of carbonyl (C=O) groups excluding carboxylic acids is 1. The van der Waals surface area contributed by atoms with Gasteiger partial charge in [-0.1, -0.05) is 30.9 Å². The molecule has 0 spiro atoms. The second kappa shape index (κ2) is 8.30. The zero-order valence-corrected chi connectivity index (χ0v) is 11.4. The minimum Gasteiger partial charge on any atom is -0.383 e. The molecule has 0 aromatic heterocycles. The van der Waals surface area contributed by atoms with E-state index in [9.17, 15) is 4.79 Å². The molecule has 0 heterocycles. The van der Waals surface area contributed by atoms with E-state index in [1.165, 1.54) is 0 Å². The number of amides is 1. The maximum Gasteiger partial charge on any atom is 0.252 e. The van der Waals surface area contributed by atoms with Gasteiger partial charge in [-0.15, -0.1) is 0 Å². The van der Waals surface area contributed by atoms with Crippen LogP contribution < -0.4 is 11.1 Å². The number of ether oxygens (including phenoxy) is 1. The van der Waals surface area contributed by atoms with Gasteiger partial charge in [0.2, 0.25) is 0 Å². The topological polar surface area (TPSA) is 64.3 Å². The number of rotatable bonds is 5. The van der Waals surface area contributed by atoms with E-state index < -0.39 is 0 Å². The predicted molar refractivity (Wildman–Crippen MR) is 75.8 cm³/mol. The number of hydrogen-bond acceptors (Lipinski definition) is 3. The van der Waals surface area contributed by atoms with Gasteiger partial charge in [-0.3, -0.25) is 4.79 Å². The average molecular weight is 260 g/mol. The molecule has 3 N–H and O–H groups in total. The van der Waals surface area contributed by atoms with Crippen LogP contribution in [0.2, 0.25) is 0 Å². The molecule has 102 valence electrons. The van der Waals surface area contributed by atoms with Gasteiger partial charge in [-0.25, -0.2) is 0 Å². The van der Waals surface area contributed by atoms with Crippen molar-refractivity contribution in [1.29, 1.82) is 0 Å². The van der Waals surface area contributed by atoms with Crippen molar-refractivity contribution in [3.63, 3.8) is 0 Å². The molecule has 0 radical (unpaired) electrons. The van der Waals surface area contributed by atoms with Gasteiger partial charge in [0.25, 0.3) is 5.91 Å². The molecule has 1 unspecified atom stereocenters. The molecule has 0 bridgehead atoms. The summed E-state index contributed by atoms with van der Waals surface area (Å²) in [5, 5.41) is 2.94. The zero-order valence-electron chi connectivity index (χ0n) is 11.4. The average Bonchev–Trinajstić information content (AvgIpc) is 2.44. The van der Waals surface area contributed by atoms with Crippen LogP contribution in [0.5, 0.6) is 0 Å². The van der Waals surface area contributed by atoms with Gasteiger partial charge in [0, 0.05) is 12.7 Å². The van der Waals surface area contributed by atoms with Crippen molar-refractivity contribution in [2.45, 2.75) is 19.4 Å². The molecule has 0 aliphatic rings. The number of benzene rings is 1. The van der Waals surface area contributed by atoms with E-state index in [1.807, 2.05) is 25.1 Å². The van der Waals surface area contributed by atoms with E-state index in [2.05, 4.69) is 17.2 Å². The smallest absolute Gasteiger partial charge is 0.252 e. The lowest BCUT2D eigenvalue weighted by atomic mass is 10.1. The second-order valence-electron chi connectivity index (χ2n) is 4.09. The fourth-order valence-electron chi connectivity index (χ4n) is 1.66. The van der Waals surface area contributed by atoms with E-state index in [0.717, 1.165) is 6.42 Å². The monoisotopic (exact) mass is 260 g/mol. The minimum atomic E-state index is -0.133. The van der Waals surface area contributed by atoms with Crippen molar-refractivity contribution >= 4 is 5.91 Å². The Morgan fingerprint density at radius 2 is 2.21 bits per heavy atom. The Morgan fingerprint density at radius 3 is 2.84 bits per heavy atom. The van der Waals surface area contributed by atoms with Gasteiger partial charge in [0.1, 0.15) is 0 Å². The summed E-state index contributed by atoms with van der Waals surface area (Å²) in [5.41, 5.74) is 6.61.